The van der Waals surface area contributed by atoms with Crippen molar-refractivity contribution in [1.82, 2.24) is 9.97 Å². The molecule has 2 atom stereocenters. The van der Waals surface area contributed by atoms with Crippen molar-refractivity contribution >= 4 is 27.4 Å². The lowest BCUT2D eigenvalue weighted by atomic mass is 9.83. The maximum atomic E-state index is 14.2. The Morgan fingerprint density at radius 1 is 1.21 bits per heavy atom. The molecule has 0 radical (unpaired) electrons. The van der Waals surface area contributed by atoms with Gasteiger partial charge in [0.05, 0.1) is 24.3 Å². The van der Waals surface area contributed by atoms with Gasteiger partial charge in [-0.1, -0.05) is 12.1 Å². The van der Waals surface area contributed by atoms with Crippen LogP contribution in [0.15, 0.2) is 30.6 Å². The van der Waals surface area contributed by atoms with Crippen LogP contribution in [0.5, 0.6) is 0 Å². The third kappa shape index (κ3) is 4.74. The second-order valence-electron chi connectivity index (χ2n) is 9.67. The van der Waals surface area contributed by atoms with Crippen molar-refractivity contribution in [1.29, 1.82) is 5.26 Å². The Kier molecular flexibility index (Phi) is 5.96. The third-order valence-corrected chi connectivity index (χ3v) is 8.23. The lowest BCUT2D eigenvalue weighted by Crippen LogP contribution is -2.26. The molecule has 0 N–H and O–H groups in total. The van der Waals surface area contributed by atoms with Gasteiger partial charge in [0.1, 0.15) is 22.8 Å². The molecule has 1 aliphatic carbocycles. The van der Waals surface area contributed by atoms with Gasteiger partial charge in [0.15, 0.2) is 0 Å². The highest BCUT2D eigenvalue weighted by molar-refractivity contribution is 7.18. The second-order valence-corrected chi connectivity index (χ2v) is 10.8. The Balaban J connectivity index is 1.28. The number of thiophene rings is 1. The summed E-state index contributed by atoms with van der Waals surface area (Å²) < 4.78 is 52.8. The monoisotopic (exact) mass is 488 g/mol. The molecule has 1 saturated heterocycles. The SMILES string of the molecule is N#CCc1ccc(CC2CCC3(CCN(c4ncnc5sc(CC(F)(F)F)cc45)C3)C2)cc1F. The Morgan fingerprint density at radius 2 is 2.06 bits per heavy atom. The maximum Gasteiger partial charge on any atom is 0.393 e. The molecule has 0 bridgehead atoms. The smallest absolute Gasteiger partial charge is 0.355 e. The number of rotatable bonds is 5. The van der Waals surface area contributed by atoms with Crippen LogP contribution in [0.3, 0.4) is 0 Å². The first-order valence-corrected chi connectivity index (χ1v) is 12.2. The molecular formula is C25H24F4N4S. The zero-order valence-electron chi connectivity index (χ0n) is 18.5. The molecule has 1 spiro atoms. The first kappa shape index (κ1) is 23.0. The van der Waals surface area contributed by atoms with E-state index >= 15 is 0 Å². The summed E-state index contributed by atoms with van der Waals surface area (Å²) in [4.78, 5) is 11.7. The van der Waals surface area contributed by atoms with E-state index in [1.54, 1.807) is 18.2 Å². The van der Waals surface area contributed by atoms with Crippen molar-refractivity contribution < 1.29 is 17.6 Å². The fourth-order valence-corrected chi connectivity index (χ4v) is 6.72. The van der Waals surface area contributed by atoms with Crippen LogP contribution in [0.2, 0.25) is 0 Å². The molecule has 2 aromatic heterocycles. The Morgan fingerprint density at radius 3 is 2.82 bits per heavy atom. The fourth-order valence-electron chi connectivity index (χ4n) is 5.70. The molecule has 178 valence electrons. The van der Waals surface area contributed by atoms with Gasteiger partial charge in [-0.2, -0.15) is 18.4 Å². The van der Waals surface area contributed by atoms with Gasteiger partial charge < -0.3 is 4.90 Å². The number of anilines is 1. The third-order valence-electron chi connectivity index (χ3n) is 7.19. The predicted octanol–water partition coefficient (Wildman–Crippen LogP) is 6.24. The van der Waals surface area contributed by atoms with Gasteiger partial charge in [0.25, 0.3) is 0 Å². The van der Waals surface area contributed by atoms with Crippen LogP contribution in [0.1, 0.15) is 41.7 Å². The van der Waals surface area contributed by atoms with Gasteiger partial charge in [-0.25, -0.2) is 14.4 Å². The van der Waals surface area contributed by atoms with Crippen molar-refractivity contribution in [3.05, 3.63) is 52.4 Å². The lowest BCUT2D eigenvalue weighted by Gasteiger charge is -2.25. The van der Waals surface area contributed by atoms with Crippen LogP contribution in [-0.4, -0.2) is 29.2 Å². The molecule has 3 aromatic rings. The van der Waals surface area contributed by atoms with E-state index in [2.05, 4.69) is 14.9 Å². The lowest BCUT2D eigenvalue weighted by molar-refractivity contribution is -0.126. The Labute approximate surface area is 199 Å². The van der Waals surface area contributed by atoms with E-state index in [0.29, 0.717) is 21.7 Å². The molecule has 5 rings (SSSR count). The molecule has 0 amide bonds. The summed E-state index contributed by atoms with van der Waals surface area (Å²) in [7, 11) is 0. The summed E-state index contributed by atoms with van der Waals surface area (Å²) in [6, 6.07) is 8.78. The normalized spacial score (nSPS) is 22.7. The minimum Gasteiger partial charge on any atom is -0.355 e. The fraction of sp³-hybridized carbons (Fsp3) is 0.480. The largest absolute Gasteiger partial charge is 0.393 e. The molecule has 2 unspecified atom stereocenters. The van der Waals surface area contributed by atoms with Crippen molar-refractivity contribution in [2.24, 2.45) is 11.3 Å². The van der Waals surface area contributed by atoms with Crippen molar-refractivity contribution in [3.63, 3.8) is 0 Å². The number of aromatic nitrogens is 2. The molecule has 1 saturated carbocycles. The average Bonchev–Trinajstić information content (AvgIpc) is 3.47. The number of nitrogens with zero attached hydrogens (tertiary/aromatic N) is 4. The molecule has 2 fully saturated rings. The summed E-state index contributed by atoms with van der Waals surface area (Å²) >= 11 is 1.08. The highest BCUT2D eigenvalue weighted by atomic mass is 32.1. The molecule has 4 nitrogen and oxygen atoms in total. The minimum atomic E-state index is -4.25. The molecule has 1 aromatic carbocycles. The van der Waals surface area contributed by atoms with Crippen LogP contribution in [0.4, 0.5) is 23.4 Å². The summed E-state index contributed by atoms with van der Waals surface area (Å²) in [5, 5.41) is 9.50. The first-order valence-electron chi connectivity index (χ1n) is 11.4. The number of alkyl halides is 3. The van der Waals surface area contributed by atoms with Gasteiger partial charge >= 0.3 is 6.18 Å². The van der Waals surface area contributed by atoms with E-state index in [4.69, 9.17) is 5.26 Å². The summed E-state index contributed by atoms with van der Waals surface area (Å²) in [6.45, 7) is 1.65. The standard InChI is InChI=1S/C25H24F4N4S/c26-21-10-16(1-2-18(21)4-7-30)9-17-3-5-24(12-17)6-8-33(14-24)22-20-11-19(13-25(27,28)29)34-23(20)32-15-31-22/h1-2,10-11,15,17H,3-6,8-9,12-14H2. The number of nitriles is 1. The number of fused-ring (bicyclic) bond motifs is 1. The van der Waals surface area contributed by atoms with Crippen LogP contribution >= 0.6 is 11.3 Å². The van der Waals surface area contributed by atoms with E-state index in [-0.39, 0.29) is 22.5 Å². The van der Waals surface area contributed by atoms with Crippen molar-refractivity contribution in [2.45, 2.75) is 51.1 Å². The topological polar surface area (TPSA) is 52.8 Å². The molecular weight excluding hydrogens is 464 g/mol. The van der Waals surface area contributed by atoms with E-state index in [0.717, 1.165) is 67.9 Å². The highest BCUT2D eigenvalue weighted by Crippen LogP contribution is 2.50. The molecule has 2 aliphatic rings. The van der Waals surface area contributed by atoms with Gasteiger partial charge in [-0.3, -0.25) is 0 Å². The number of hydrogen-bond acceptors (Lipinski definition) is 5. The van der Waals surface area contributed by atoms with Gasteiger partial charge in [-0.05, 0) is 61.1 Å². The Hall–Kier alpha value is -2.73. The number of benzene rings is 1. The van der Waals surface area contributed by atoms with Crippen molar-refractivity contribution in [2.75, 3.05) is 18.0 Å². The first-order chi connectivity index (χ1) is 16.2. The Bertz CT molecular complexity index is 1250. The van der Waals surface area contributed by atoms with Gasteiger partial charge in [-0.15, -0.1) is 11.3 Å². The van der Waals surface area contributed by atoms with E-state index in [1.807, 2.05) is 12.1 Å². The molecule has 1 aliphatic heterocycles. The summed E-state index contributed by atoms with van der Waals surface area (Å²) in [5.74, 6) is 0.878. The van der Waals surface area contributed by atoms with E-state index in [1.165, 1.54) is 6.33 Å². The van der Waals surface area contributed by atoms with Crippen LogP contribution in [0.25, 0.3) is 10.2 Å². The predicted molar refractivity (Wildman–Crippen MR) is 123 cm³/mol. The van der Waals surface area contributed by atoms with E-state index < -0.39 is 12.6 Å². The number of hydrogen-bond donors (Lipinski definition) is 0. The minimum absolute atomic E-state index is 0.0760. The molecule has 34 heavy (non-hydrogen) atoms. The zero-order chi connectivity index (χ0) is 23.9. The van der Waals surface area contributed by atoms with Crippen LogP contribution < -0.4 is 4.90 Å². The van der Waals surface area contributed by atoms with Gasteiger partial charge in [0.2, 0.25) is 0 Å². The quantitative estimate of drug-likeness (QED) is 0.399. The van der Waals surface area contributed by atoms with E-state index in [9.17, 15) is 17.6 Å². The highest BCUT2D eigenvalue weighted by Gasteiger charge is 2.44. The average molecular weight is 489 g/mol. The summed E-state index contributed by atoms with van der Waals surface area (Å²) in [5.41, 5.74) is 1.55. The van der Waals surface area contributed by atoms with Crippen molar-refractivity contribution in [3.8, 4) is 6.07 Å². The zero-order valence-corrected chi connectivity index (χ0v) is 19.4. The summed E-state index contributed by atoms with van der Waals surface area (Å²) in [6.07, 6.45) is 1.36. The van der Waals surface area contributed by atoms with Crippen LogP contribution in [0, 0.1) is 28.5 Å². The second kappa shape index (κ2) is 8.81. The maximum absolute atomic E-state index is 14.2. The number of halogens is 4. The molecule has 9 heteroatoms. The van der Waals surface area contributed by atoms with Gasteiger partial charge in [0, 0.05) is 23.5 Å². The molecule has 3 heterocycles. The van der Waals surface area contributed by atoms with Crippen LogP contribution in [-0.2, 0) is 19.3 Å².